The van der Waals surface area contributed by atoms with Crippen LogP contribution in [0.1, 0.15) is 22.3 Å². The Kier molecular flexibility index (Phi) is 5.88. The van der Waals surface area contributed by atoms with Crippen LogP contribution < -0.4 is 0 Å². The molecule has 0 atom stereocenters. The van der Waals surface area contributed by atoms with E-state index in [9.17, 15) is 4.79 Å². The molecule has 0 unspecified atom stereocenters. The second kappa shape index (κ2) is 8.31. The third-order valence-corrected chi connectivity index (χ3v) is 5.16. The number of carbonyl (C=O) groups excluding carboxylic acids is 1. The quantitative estimate of drug-likeness (QED) is 0.801. The minimum Gasteiger partial charge on any atom is -0.337 e. The average molecular weight is 341 g/mol. The molecule has 1 aromatic carbocycles. The molecule has 5 heteroatoms. The average Bonchev–Trinajstić information content (AvgIpc) is 2.87. The van der Waals surface area contributed by atoms with Gasteiger partial charge in [-0.05, 0) is 42.5 Å². The molecule has 1 aromatic heterocycles. The van der Waals surface area contributed by atoms with Crippen LogP contribution in [0.3, 0.4) is 0 Å². The van der Waals surface area contributed by atoms with E-state index in [-0.39, 0.29) is 5.91 Å². The number of amides is 1. The lowest BCUT2D eigenvalue weighted by Crippen LogP contribution is -2.35. The summed E-state index contributed by atoms with van der Waals surface area (Å²) in [4.78, 5) is 22.4. The summed E-state index contributed by atoms with van der Waals surface area (Å²) in [6.07, 6.45) is 6.70. The second-order valence-corrected chi connectivity index (χ2v) is 6.83. The molecule has 0 spiro atoms. The zero-order chi connectivity index (χ0) is 16.8. The highest BCUT2D eigenvalue weighted by Crippen LogP contribution is 2.22. The van der Waals surface area contributed by atoms with Gasteiger partial charge in [-0.3, -0.25) is 14.7 Å². The van der Waals surface area contributed by atoms with Crippen LogP contribution in [-0.4, -0.2) is 53.1 Å². The summed E-state index contributed by atoms with van der Waals surface area (Å²) in [5.41, 5.74) is 2.10. The molecule has 1 aliphatic heterocycles. The first kappa shape index (κ1) is 17.0. The zero-order valence-electron chi connectivity index (χ0n) is 14.0. The van der Waals surface area contributed by atoms with E-state index in [4.69, 9.17) is 0 Å². The Morgan fingerprint density at radius 2 is 1.88 bits per heavy atom. The van der Waals surface area contributed by atoms with Gasteiger partial charge in [0.2, 0.25) is 0 Å². The number of rotatable bonds is 4. The van der Waals surface area contributed by atoms with Gasteiger partial charge in [-0.2, -0.15) is 0 Å². The van der Waals surface area contributed by atoms with Gasteiger partial charge in [0.05, 0.1) is 5.56 Å². The van der Waals surface area contributed by atoms with Gasteiger partial charge in [0.1, 0.15) is 0 Å². The Balaban J connectivity index is 1.64. The van der Waals surface area contributed by atoms with Crippen molar-refractivity contribution in [2.45, 2.75) is 17.9 Å². The molecule has 2 aromatic rings. The zero-order valence-corrected chi connectivity index (χ0v) is 14.8. The highest BCUT2D eigenvalue weighted by atomic mass is 32.2. The molecule has 1 aliphatic rings. The highest BCUT2D eigenvalue weighted by molar-refractivity contribution is 7.98. The van der Waals surface area contributed by atoms with Gasteiger partial charge in [-0.1, -0.05) is 12.1 Å². The van der Waals surface area contributed by atoms with Gasteiger partial charge in [-0.25, -0.2) is 0 Å². The topological polar surface area (TPSA) is 36.4 Å². The van der Waals surface area contributed by atoms with E-state index in [1.54, 1.807) is 11.8 Å². The second-order valence-electron chi connectivity index (χ2n) is 5.98. The molecule has 2 heterocycles. The van der Waals surface area contributed by atoms with Crippen LogP contribution in [0.25, 0.3) is 0 Å². The first-order valence-corrected chi connectivity index (χ1v) is 9.54. The van der Waals surface area contributed by atoms with E-state index in [1.165, 1.54) is 5.56 Å². The SMILES string of the molecule is CSc1ccccc1C(=O)N1CCCN(Cc2ccncc2)CC1. The number of aromatic nitrogens is 1. The van der Waals surface area contributed by atoms with Crippen LogP contribution in [0.4, 0.5) is 0 Å². The van der Waals surface area contributed by atoms with Crippen molar-refractivity contribution in [2.24, 2.45) is 0 Å². The molecule has 126 valence electrons. The van der Waals surface area contributed by atoms with Crippen LogP contribution in [-0.2, 0) is 6.54 Å². The number of hydrogen-bond acceptors (Lipinski definition) is 4. The van der Waals surface area contributed by atoms with Crippen molar-refractivity contribution in [1.29, 1.82) is 0 Å². The Labute approximate surface area is 147 Å². The molecule has 0 saturated carbocycles. The number of pyridine rings is 1. The van der Waals surface area contributed by atoms with Crippen LogP contribution in [0.5, 0.6) is 0 Å². The Hall–Kier alpha value is -1.85. The fourth-order valence-electron chi connectivity index (χ4n) is 3.07. The molecule has 0 N–H and O–H groups in total. The lowest BCUT2D eigenvalue weighted by Gasteiger charge is -2.23. The monoisotopic (exact) mass is 341 g/mol. The van der Waals surface area contributed by atoms with Crippen molar-refractivity contribution >= 4 is 17.7 Å². The van der Waals surface area contributed by atoms with Crippen LogP contribution in [0, 0.1) is 0 Å². The van der Waals surface area contributed by atoms with Gasteiger partial charge in [0, 0.05) is 50.0 Å². The van der Waals surface area contributed by atoms with Crippen molar-refractivity contribution in [3.05, 3.63) is 59.9 Å². The molecule has 24 heavy (non-hydrogen) atoms. The Morgan fingerprint density at radius 1 is 1.08 bits per heavy atom. The standard InChI is InChI=1S/C19H23N3OS/c1-24-18-6-3-2-5-17(18)19(23)22-12-4-11-21(13-14-22)15-16-7-9-20-10-8-16/h2-3,5-10H,4,11-15H2,1H3. The summed E-state index contributed by atoms with van der Waals surface area (Å²) in [6, 6.07) is 12.0. The van der Waals surface area contributed by atoms with Crippen molar-refractivity contribution in [2.75, 3.05) is 32.4 Å². The maximum Gasteiger partial charge on any atom is 0.255 e. The molecular formula is C19H23N3OS. The molecule has 1 saturated heterocycles. The van der Waals surface area contributed by atoms with E-state index >= 15 is 0 Å². The van der Waals surface area contributed by atoms with E-state index in [2.05, 4.69) is 22.0 Å². The van der Waals surface area contributed by atoms with E-state index in [1.807, 2.05) is 47.8 Å². The largest absolute Gasteiger partial charge is 0.337 e. The van der Waals surface area contributed by atoms with Crippen LogP contribution in [0.2, 0.25) is 0 Å². The third-order valence-electron chi connectivity index (χ3n) is 4.37. The maximum atomic E-state index is 12.9. The van der Waals surface area contributed by atoms with E-state index in [0.29, 0.717) is 0 Å². The van der Waals surface area contributed by atoms with Crippen LogP contribution in [0.15, 0.2) is 53.7 Å². The Bertz CT molecular complexity index is 677. The third kappa shape index (κ3) is 4.16. The lowest BCUT2D eigenvalue weighted by atomic mass is 10.2. The number of carbonyl (C=O) groups is 1. The highest BCUT2D eigenvalue weighted by Gasteiger charge is 2.21. The number of thioether (sulfide) groups is 1. The number of hydrogen-bond donors (Lipinski definition) is 0. The molecule has 3 rings (SSSR count). The Morgan fingerprint density at radius 3 is 2.67 bits per heavy atom. The number of benzene rings is 1. The molecule has 0 bridgehead atoms. The molecule has 1 amide bonds. The summed E-state index contributed by atoms with van der Waals surface area (Å²) >= 11 is 1.63. The molecular weight excluding hydrogens is 318 g/mol. The molecule has 0 aliphatic carbocycles. The summed E-state index contributed by atoms with van der Waals surface area (Å²) in [7, 11) is 0. The van der Waals surface area contributed by atoms with Gasteiger partial charge in [0.25, 0.3) is 5.91 Å². The summed E-state index contributed by atoms with van der Waals surface area (Å²) < 4.78 is 0. The summed E-state index contributed by atoms with van der Waals surface area (Å²) in [5.74, 6) is 0.158. The lowest BCUT2D eigenvalue weighted by molar-refractivity contribution is 0.0757. The van der Waals surface area contributed by atoms with Crippen molar-refractivity contribution in [1.82, 2.24) is 14.8 Å². The summed E-state index contributed by atoms with van der Waals surface area (Å²) in [5, 5.41) is 0. The molecule has 4 nitrogen and oxygen atoms in total. The van der Waals surface area contributed by atoms with Gasteiger partial charge in [0.15, 0.2) is 0 Å². The smallest absolute Gasteiger partial charge is 0.255 e. The van der Waals surface area contributed by atoms with Crippen molar-refractivity contribution in [3.8, 4) is 0 Å². The van der Waals surface area contributed by atoms with Crippen LogP contribution >= 0.6 is 11.8 Å². The minimum atomic E-state index is 0.158. The molecule has 0 radical (unpaired) electrons. The maximum absolute atomic E-state index is 12.9. The fourth-order valence-corrected chi connectivity index (χ4v) is 3.66. The summed E-state index contributed by atoms with van der Waals surface area (Å²) in [6.45, 7) is 4.47. The number of nitrogens with zero attached hydrogens (tertiary/aromatic N) is 3. The molecule has 1 fully saturated rings. The van der Waals surface area contributed by atoms with E-state index in [0.717, 1.165) is 49.6 Å². The predicted molar refractivity (Wildman–Crippen MR) is 98.3 cm³/mol. The first-order chi connectivity index (χ1) is 11.8. The normalized spacial score (nSPS) is 16.0. The van der Waals surface area contributed by atoms with Gasteiger partial charge < -0.3 is 4.90 Å². The van der Waals surface area contributed by atoms with Gasteiger partial charge in [-0.15, -0.1) is 11.8 Å². The minimum absolute atomic E-state index is 0.158. The fraction of sp³-hybridized carbons (Fsp3) is 0.368. The van der Waals surface area contributed by atoms with E-state index < -0.39 is 0 Å². The predicted octanol–water partition coefficient (Wildman–Crippen LogP) is 3.15. The van der Waals surface area contributed by atoms with Crippen molar-refractivity contribution < 1.29 is 4.79 Å². The van der Waals surface area contributed by atoms with Crippen molar-refractivity contribution in [3.63, 3.8) is 0 Å². The van der Waals surface area contributed by atoms with Gasteiger partial charge >= 0.3 is 0 Å². The first-order valence-electron chi connectivity index (χ1n) is 8.31.